The fraction of sp³-hybridized carbons (Fsp3) is 0.412. The quantitative estimate of drug-likeness (QED) is 0.464. The molecule has 0 unspecified atom stereocenters. The fourth-order valence-corrected chi connectivity index (χ4v) is 1.93. The number of esters is 2. The molecular weight excluding hydrogens is 344 g/mol. The third-order valence-electron chi connectivity index (χ3n) is 3.14. The molecular formula is C17H22N2O7. The van der Waals surface area contributed by atoms with Gasteiger partial charge in [0.2, 0.25) is 5.91 Å². The number of rotatable bonds is 7. The van der Waals surface area contributed by atoms with Gasteiger partial charge < -0.3 is 25.6 Å². The molecule has 9 heteroatoms. The predicted octanol–water partition coefficient (Wildman–Crippen LogP) is 0.386. The summed E-state index contributed by atoms with van der Waals surface area (Å²) < 4.78 is 9.94. The Hall–Kier alpha value is -2.94. The van der Waals surface area contributed by atoms with Gasteiger partial charge in [-0.3, -0.25) is 14.4 Å². The van der Waals surface area contributed by atoms with Crippen LogP contribution in [-0.4, -0.2) is 40.5 Å². The molecule has 1 atom stereocenters. The summed E-state index contributed by atoms with van der Waals surface area (Å²) in [5.74, 6) is -3.12. The Morgan fingerprint density at radius 2 is 1.65 bits per heavy atom. The SMILES string of the molecule is CC(=O)Oc1ccc(C[C@H](NC(=O)C(C)(C)N)C(=O)O)cc1OC(C)=O. The van der Waals surface area contributed by atoms with Gasteiger partial charge in [-0.05, 0) is 31.5 Å². The van der Waals surface area contributed by atoms with Crippen LogP contribution in [0.5, 0.6) is 11.5 Å². The van der Waals surface area contributed by atoms with Gasteiger partial charge in [-0.2, -0.15) is 0 Å². The van der Waals surface area contributed by atoms with Crippen molar-refractivity contribution in [2.45, 2.75) is 45.7 Å². The van der Waals surface area contributed by atoms with E-state index in [9.17, 15) is 24.3 Å². The highest BCUT2D eigenvalue weighted by atomic mass is 16.6. The molecule has 0 aromatic heterocycles. The number of hydrogen-bond acceptors (Lipinski definition) is 7. The zero-order valence-electron chi connectivity index (χ0n) is 15.0. The molecule has 1 rings (SSSR count). The van der Waals surface area contributed by atoms with Crippen LogP contribution < -0.4 is 20.5 Å². The standard InChI is InChI=1S/C17H22N2O7/c1-9(20)25-13-6-5-11(8-14(13)26-10(2)21)7-12(15(22)23)19-16(24)17(3,4)18/h5-6,8,12H,7,18H2,1-4H3,(H,19,24)(H,22,23)/t12-/m0/s1. The summed E-state index contributed by atoms with van der Waals surface area (Å²) >= 11 is 0. The van der Waals surface area contributed by atoms with Crippen molar-refractivity contribution < 1.29 is 33.8 Å². The zero-order valence-corrected chi connectivity index (χ0v) is 15.0. The number of nitrogens with two attached hydrogens (primary N) is 1. The predicted molar refractivity (Wildman–Crippen MR) is 90.6 cm³/mol. The number of aliphatic carboxylic acids is 1. The molecule has 0 spiro atoms. The molecule has 0 saturated heterocycles. The number of carboxylic acids is 1. The molecule has 26 heavy (non-hydrogen) atoms. The average molecular weight is 366 g/mol. The molecule has 0 bridgehead atoms. The minimum atomic E-state index is -1.25. The van der Waals surface area contributed by atoms with Gasteiger partial charge in [-0.1, -0.05) is 6.07 Å². The smallest absolute Gasteiger partial charge is 0.326 e. The number of benzene rings is 1. The van der Waals surface area contributed by atoms with Gasteiger partial charge in [0.1, 0.15) is 6.04 Å². The van der Waals surface area contributed by atoms with Crippen molar-refractivity contribution in [1.82, 2.24) is 5.32 Å². The Kier molecular flexibility index (Phi) is 6.85. The third kappa shape index (κ3) is 6.52. The van der Waals surface area contributed by atoms with E-state index >= 15 is 0 Å². The maximum Gasteiger partial charge on any atom is 0.326 e. The van der Waals surface area contributed by atoms with Crippen LogP contribution in [0.3, 0.4) is 0 Å². The molecule has 1 amide bonds. The highest BCUT2D eigenvalue weighted by Crippen LogP contribution is 2.29. The Morgan fingerprint density at radius 1 is 1.12 bits per heavy atom. The van der Waals surface area contributed by atoms with Crippen LogP contribution in [0.1, 0.15) is 33.3 Å². The van der Waals surface area contributed by atoms with Crippen LogP contribution in [0, 0.1) is 0 Å². The molecule has 0 saturated carbocycles. The molecule has 4 N–H and O–H groups in total. The van der Waals surface area contributed by atoms with E-state index in [4.69, 9.17) is 15.2 Å². The largest absolute Gasteiger partial charge is 0.480 e. The van der Waals surface area contributed by atoms with Gasteiger partial charge in [0.15, 0.2) is 11.5 Å². The van der Waals surface area contributed by atoms with Crippen molar-refractivity contribution >= 4 is 23.8 Å². The molecule has 1 aromatic rings. The lowest BCUT2D eigenvalue weighted by Gasteiger charge is -2.22. The maximum atomic E-state index is 11.9. The molecule has 0 fully saturated rings. The Bertz CT molecular complexity index is 722. The second-order valence-corrected chi connectivity index (χ2v) is 6.26. The number of ether oxygens (including phenoxy) is 2. The van der Waals surface area contributed by atoms with Crippen molar-refractivity contribution in [2.75, 3.05) is 0 Å². The topological polar surface area (TPSA) is 145 Å². The normalized spacial score (nSPS) is 12.0. The Labute approximate surface area is 150 Å². The van der Waals surface area contributed by atoms with Crippen LogP contribution >= 0.6 is 0 Å². The summed E-state index contributed by atoms with van der Waals surface area (Å²) in [6.45, 7) is 5.27. The van der Waals surface area contributed by atoms with E-state index in [1.54, 1.807) is 0 Å². The van der Waals surface area contributed by atoms with Gasteiger partial charge in [0, 0.05) is 20.3 Å². The molecule has 1 aromatic carbocycles. The van der Waals surface area contributed by atoms with E-state index in [-0.39, 0.29) is 17.9 Å². The lowest BCUT2D eigenvalue weighted by atomic mass is 10.0. The monoisotopic (exact) mass is 366 g/mol. The number of hydrogen-bond donors (Lipinski definition) is 3. The molecule has 0 aliphatic rings. The minimum absolute atomic E-state index is 0.0236. The molecule has 0 aliphatic heterocycles. The van der Waals surface area contributed by atoms with Gasteiger partial charge in [-0.25, -0.2) is 4.79 Å². The maximum absolute atomic E-state index is 11.9. The first-order chi connectivity index (χ1) is 11.9. The average Bonchev–Trinajstić information content (AvgIpc) is 2.46. The van der Waals surface area contributed by atoms with Crippen molar-refractivity contribution in [1.29, 1.82) is 0 Å². The second kappa shape index (κ2) is 8.43. The third-order valence-corrected chi connectivity index (χ3v) is 3.14. The molecule has 142 valence electrons. The Morgan fingerprint density at radius 3 is 2.12 bits per heavy atom. The molecule has 0 aliphatic carbocycles. The van der Waals surface area contributed by atoms with Crippen molar-refractivity contribution in [3.8, 4) is 11.5 Å². The van der Waals surface area contributed by atoms with Gasteiger partial charge >= 0.3 is 17.9 Å². The van der Waals surface area contributed by atoms with E-state index in [0.29, 0.717) is 5.56 Å². The van der Waals surface area contributed by atoms with Gasteiger partial charge in [0.25, 0.3) is 0 Å². The molecule has 9 nitrogen and oxygen atoms in total. The van der Waals surface area contributed by atoms with Crippen LogP contribution in [0.15, 0.2) is 18.2 Å². The number of carboxylic acid groups (broad SMARTS) is 1. The number of amides is 1. The number of carbonyl (C=O) groups is 4. The van der Waals surface area contributed by atoms with Crippen LogP contribution in [0.2, 0.25) is 0 Å². The van der Waals surface area contributed by atoms with Crippen LogP contribution in [-0.2, 0) is 25.6 Å². The second-order valence-electron chi connectivity index (χ2n) is 6.26. The van der Waals surface area contributed by atoms with Crippen LogP contribution in [0.25, 0.3) is 0 Å². The van der Waals surface area contributed by atoms with Gasteiger partial charge in [0.05, 0.1) is 5.54 Å². The first kappa shape index (κ1) is 21.1. The zero-order chi connectivity index (χ0) is 20.1. The first-order valence-electron chi connectivity index (χ1n) is 7.72. The highest BCUT2D eigenvalue weighted by molar-refractivity contribution is 5.89. The minimum Gasteiger partial charge on any atom is -0.480 e. The van der Waals surface area contributed by atoms with E-state index in [1.165, 1.54) is 45.9 Å². The summed E-state index contributed by atoms with van der Waals surface area (Å²) in [7, 11) is 0. The van der Waals surface area contributed by atoms with E-state index in [0.717, 1.165) is 0 Å². The summed E-state index contributed by atoms with van der Waals surface area (Å²) in [6.07, 6.45) is -0.0915. The fourth-order valence-electron chi connectivity index (χ4n) is 1.93. The lowest BCUT2D eigenvalue weighted by molar-refractivity contribution is -0.142. The molecule has 0 radical (unpaired) electrons. The Balaban J connectivity index is 3.08. The molecule has 0 heterocycles. The van der Waals surface area contributed by atoms with E-state index in [1.807, 2.05) is 0 Å². The van der Waals surface area contributed by atoms with Gasteiger partial charge in [-0.15, -0.1) is 0 Å². The van der Waals surface area contributed by atoms with Crippen molar-refractivity contribution in [3.63, 3.8) is 0 Å². The van der Waals surface area contributed by atoms with Crippen molar-refractivity contribution in [2.24, 2.45) is 5.73 Å². The summed E-state index contributed by atoms with van der Waals surface area (Å²) in [5, 5.41) is 11.7. The lowest BCUT2D eigenvalue weighted by Crippen LogP contribution is -2.54. The van der Waals surface area contributed by atoms with Crippen LogP contribution in [0.4, 0.5) is 0 Å². The highest BCUT2D eigenvalue weighted by Gasteiger charge is 2.28. The summed E-state index contributed by atoms with van der Waals surface area (Å²) in [6, 6.07) is 3.01. The first-order valence-corrected chi connectivity index (χ1v) is 7.72. The van der Waals surface area contributed by atoms with Crippen molar-refractivity contribution in [3.05, 3.63) is 23.8 Å². The summed E-state index contributed by atoms with van der Waals surface area (Å²) in [4.78, 5) is 45.7. The summed E-state index contributed by atoms with van der Waals surface area (Å²) in [5.41, 5.74) is 4.86. The van der Waals surface area contributed by atoms with E-state index in [2.05, 4.69) is 5.32 Å². The number of carbonyl (C=O) groups excluding carboxylic acids is 3. The number of nitrogens with one attached hydrogen (secondary N) is 1. The van der Waals surface area contributed by atoms with E-state index < -0.39 is 35.4 Å².